The van der Waals surface area contributed by atoms with E-state index in [0.29, 0.717) is 10.8 Å². The molecule has 2 aromatic carbocycles. The van der Waals surface area contributed by atoms with Crippen molar-refractivity contribution in [2.75, 3.05) is 0 Å². The summed E-state index contributed by atoms with van der Waals surface area (Å²) in [5.74, 6) is 0.334. The highest BCUT2D eigenvalue weighted by molar-refractivity contribution is 8.03. The van der Waals surface area contributed by atoms with E-state index in [1.807, 2.05) is 13.0 Å². The fourth-order valence-electron chi connectivity index (χ4n) is 3.90. The van der Waals surface area contributed by atoms with Crippen molar-refractivity contribution in [1.82, 2.24) is 0 Å². The van der Waals surface area contributed by atoms with Gasteiger partial charge >= 0.3 is 0 Å². The molecule has 1 unspecified atom stereocenters. The lowest BCUT2D eigenvalue weighted by molar-refractivity contribution is 0.265. The highest BCUT2D eigenvalue weighted by Crippen LogP contribution is 2.44. The highest BCUT2D eigenvalue weighted by atomic mass is 32.3. The van der Waals surface area contributed by atoms with Crippen LogP contribution >= 0.6 is 0 Å². The summed E-state index contributed by atoms with van der Waals surface area (Å²) in [5.41, 5.74) is 0.281. The molecule has 1 heterocycles. The smallest absolute Gasteiger partial charge is 0.290 e. The first-order valence-corrected chi connectivity index (χ1v) is 12.7. The van der Waals surface area contributed by atoms with Gasteiger partial charge in [-0.2, -0.15) is 8.42 Å². The Morgan fingerprint density at radius 3 is 2.14 bits per heavy atom. The van der Waals surface area contributed by atoms with Crippen molar-refractivity contribution in [3.05, 3.63) is 60.2 Å². The highest BCUT2D eigenvalue weighted by Gasteiger charge is 2.53. The van der Waals surface area contributed by atoms with Crippen molar-refractivity contribution in [1.29, 1.82) is 0 Å². The van der Waals surface area contributed by atoms with Crippen LogP contribution in [0.3, 0.4) is 0 Å². The average molecular weight is 420 g/mol. The van der Waals surface area contributed by atoms with Gasteiger partial charge in [0.05, 0.1) is 9.79 Å². The summed E-state index contributed by atoms with van der Waals surface area (Å²) in [4.78, 5) is 0.464. The molecule has 150 valence electrons. The Kier molecular flexibility index (Phi) is 5.33. The monoisotopic (exact) mass is 419 g/mol. The molecule has 0 aromatic heterocycles. The molecule has 4 rings (SSSR count). The summed E-state index contributed by atoms with van der Waals surface area (Å²) in [7, 11) is -7.35. The molecule has 7 heteroatoms. The molecule has 1 saturated heterocycles. The van der Waals surface area contributed by atoms with Crippen LogP contribution in [0.2, 0.25) is 0 Å². The molecular formula is C21H25NO4S2. The Labute approximate surface area is 167 Å². The van der Waals surface area contributed by atoms with Gasteiger partial charge in [-0.25, -0.2) is 4.21 Å². The Morgan fingerprint density at radius 2 is 1.50 bits per heavy atom. The van der Waals surface area contributed by atoms with Gasteiger partial charge in [-0.05, 0) is 49.9 Å². The molecule has 3 atom stereocenters. The summed E-state index contributed by atoms with van der Waals surface area (Å²) >= 11 is 0. The van der Waals surface area contributed by atoms with Gasteiger partial charge < -0.3 is 4.74 Å². The number of hydrogen-bond donors (Lipinski definition) is 0. The summed E-state index contributed by atoms with van der Waals surface area (Å²) in [6.07, 6.45) is 5.40. The van der Waals surface area contributed by atoms with Crippen LogP contribution in [-0.2, 0) is 24.5 Å². The molecule has 0 spiro atoms. The number of nitrogens with zero attached hydrogens (tertiary/aromatic N) is 1. The van der Waals surface area contributed by atoms with Gasteiger partial charge in [-0.15, -0.1) is 0 Å². The summed E-state index contributed by atoms with van der Waals surface area (Å²) in [5, 5.41) is 0. The number of ether oxygens (including phenoxy) is 1. The molecule has 0 N–H and O–H groups in total. The number of rotatable bonds is 5. The number of aryl methyl sites for hydroxylation is 1. The van der Waals surface area contributed by atoms with E-state index < -0.39 is 25.2 Å². The fourth-order valence-corrected chi connectivity index (χ4v) is 8.25. The van der Waals surface area contributed by atoms with Crippen molar-refractivity contribution in [2.45, 2.75) is 60.4 Å². The van der Waals surface area contributed by atoms with Crippen LogP contribution in [0.15, 0.2) is 68.2 Å². The quantitative estimate of drug-likeness (QED) is 0.668. The third-order valence-corrected chi connectivity index (χ3v) is 10.0. The molecule has 0 bridgehead atoms. The van der Waals surface area contributed by atoms with Gasteiger partial charge in [-0.3, -0.25) is 0 Å². The second kappa shape index (κ2) is 7.61. The largest absolute Gasteiger partial charge is 0.354 e. The molecule has 2 fully saturated rings. The SMILES string of the molecule is Cc1ccc(S(=O)(=O)N=S(=O)(c2ccccc2)[C@H]2O[C@@H]2C2CCCCC2)cc1. The van der Waals surface area contributed by atoms with E-state index >= 15 is 0 Å². The van der Waals surface area contributed by atoms with Gasteiger partial charge in [-0.1, -0.05) is 58.9 Å². The van der Waals surface area contributed by atoms with Crippen molar-refractivity contribution >= 4 is 19.8 Å². The van der Waals surface area contributed by atoms with Gasteiger partial charge in [0, 0.05) is 0 Å². The number of sulfonamides is 1. The Balaban J connectivity index is 1.75. The number of hydrogen-bond acceptors (Lipinski definition) is 4. The zero-order valence-electron chi connectivity index (χ0n) is 15.9. The fraction of sp³-hybridized carbons (Fsp3) is 0.429. The summed E-state index contributed by atoms with van der Waals surface area (Å²) < 4.78 is 49.7. The maximum Gasteiger partial charge on any atom is 0.290 e. The second-order valence-electron chi connectivity index (χ2n) is 7.61. The minimum Gasteiger partial charge on any atom is -0.354 e. The van der Waals surface area contributed by atoms with Gasteiger partial charge in [0.1, 0.15) is 15.8 Å². The number of epoxide rings is 1. The maximum absolute atomic E-state index is 14.0. The van der Waals surface area contributed by atoms with Crippen LogP contribution in [0.1, 0.15) is 37.7 Å². The van der Waals surface area contributed by atoms with E-state index in [1.165, 1.54) is 18.6 Å². The van der Waals surface area contributed by atoms with Crippen LogP contribution in [0.25, 0.3) is 0 Å². The van der Waals surface area contributed by atoms with E-state index in [2.05, 4.69) is 3.77 Å². The van der Waals surface area contributed by atoms with Gasteiger partial charge in [0.15, 0.2) is 5.44 Å². The van der Waals surface area contributed by atoms with Crippen molar-refractivity contribution in [3.8, 4) is 0 Å². The van der Waals surface area contributed by atoms with E-state index in [1.54, 1.807) is 36.4 Å². The van der Waals surface area contributed by atoms with Crippen LogP contribution in [0.5, 0.6) is 0 Å². The van der Waals surface area contributed by atoms with Crippen molar-refractivity contribution < 1.29 is 17.4 Å². The molecule has 2 aromatic rings. The van der Waals surface area contributed by atoms with Crippen molar-refractivity contribution in [2.24, 2.45) is 9.69 Å². The Bertz CT molecular complexity index is 1050. The van der Waals surface area contributed by atoms with E-state index in [4.69, 9.17) is 4.74 Å². The minimum atomic E-state index is -4.07. The van der Waals surface area contributed by atoms with Crippen LogP contribution in [0.4, 0.5) is 0 Å². The lowest BCUT2D eigenvalue weighted by Crippen LogP contribution is -2.20. The first-order chi connectivity index (χ1) is 13.4. The maximum atomic E-state index is 14.0. The predicted molar refractivity (Wildman–Crippen MR) is 109 cm³/mol. The van der Waals surface area contributed by atoms with Crippen molar-refractivity contribution in [3.63, 3.8) is 0 Å². The first kappa shape index (κ1) is 19.6. The molecular weight excluding hydrogens is 394 g/mol. The van der Waals surface area contributed by atoms with E-state index in [-0.39, 0.29) is 11.0 Å². The standard InChI is InChI=1S/C21H25NO4S2/c1-16-12-14-19(15-13-16)28(24,25)22-27(23,18-10-6-3-7-11-18)21-20(26-21)17-8-4-2-5-9-17/h3,6-7,10-15,17,20-21H,2,4-5,8-9H2,1H3/t20-,21-,27?/m1/s1. The summed E-state index contributed by atoms with van der Waals surface area (Å²) in [6, 6.07) is 15.1. The van der Waals surface area contributed by atoms with E-state index in [0.717, 1.165) is 31.2 Å². The number of benzene rings is 2. The molecule has 1 aliphatic heterocycles. The lowest BCUT2D eigenvalue weighted by Gasteiger charge is -2.19. The van der Waals surface area contributed by atoms with Gasteiger partial charge in [0.2, 0.25) is 0 Å². The first-order valence-electron chi connectivity index (χ1n) is 9.70. The minimum absolute atomic E-state index is 0.0524. The normalized spacial score (nSPS) is 25.0. The second-order valence-corrected chi connectivity index (χ2v) is 11.7. The Hall–Kier alpha value is -1.70. The average Bonchev–Trinajstić information content (AvgIpc) is 3.51. The molecule has 0 radical (unpaired) electrons. The third kappa shape index (κ3) is 3.88. The zero-order valence-corrected chi connectivity index (χ0v) is 17.5. The zero-order chi connectivity index (χ0) is 19.8. The van der Waals surface area contributed by atoms with Crippen LogP contribution in [-0.4, -0.2) is 24.2 Å². The third-order valence-electron chi connectivity index (χ3n) is 5.52. The summed E-state index contributed by atoms with van der Waals surface area (Å²) in [6.45, 7) is 1.88. The Morgan fingerprint density at radius 1 is 0.857 bits per heavy atom. The van der Waals surface area contributed by atoms with Crippen LogP contribution in [0, 0.1) is 12.8 Å². The topological polar surface area (TPSA) is 76.1 Å². The molecule has 2 aliphatic rings. The molecule has 0 amide bonds. The molecule has 1 saturated carbocycles. The molecule has 28 heavy (non-hydrogen) atoms. The predicted octanol–water partition coefficient (Wildman–Crippen LogP) is 4.52. The van der Waals surface area contributed by atoms with Crippen LogP contribution < -0.4 is 0 Å². The van der Waals surface area contributed by atoms with Gasteiger partial charge in [0.25, 0.3) is 10.0 Å². The van der Waals surface area contributed by atoms with E-state index in [9.17, 15) is 12.6 Å². The lowest BCUT2D eigenvalue weighted by atomic mass is 9.87. The molecule has 1 aliphatic carbocycles. The molecule has 5 nitrogen and oxygen atoms in total.